The SMILES string of the molecule is CCOc1cc(C=Nc2ccccc2F)ccc1OC(=O)c1sc2ccccc2c1Cl. The van der Waals surface area contributed by atoms with Crippen molar-refractivity contribution in [2.45, 2.75) is 6.92 Å². The zero-order valence-electron chi connectivity index (χ0n) is 16.5. The summed E-state index contributed by atoms with van der Waals surface area (Å²) in [5.41, 5.74) is 0.904. The first-order valence-electron chi connectivity index (χ1n) is 9.51. The van der Waals surface area contributed by atoms with Gasteiger partial charge in [0.05, 0.1) is 17.3 Å². The number of carbonyl (C=O) groups excluding carboxylic acids is 1. The number of fused-ring (bicyclic) bond motifs is 1. The van der Waals surface area contributed by atoms with Crippen molar-refractivity contribution in [1.82, 2.24) is 0 Å². The van der Waals surface area contributed by atoms with Gasteiger partial charge in [-0.25, -0.2) is 9.18 Å². The van der Waals surface area contributed by atoms with E-state index in [0.29, 0.717) is 27.8 Å². The summed E-state index contributed by atoms with van der Waals surface area (Å²) in [6.45, 7) is 2.21. The highest BCUT2D eigenvalue weighted by molar-refractivity contribution is 7.21. The monoisotopic (exact) mass is 453 g/mol. The third kappa shape index (κ3) is 4.60. The van der Waals surface area contributed by atoms with Gasteiger partial charge in [0.15, 0.2) is 11.5 Å². The predicted octanol–water partition coefficient (Wildman–Crippen LogP) is 7.06. The molecule has 4 rings (SSSR count). The van der Waals surface area contributed by atoms with E-state index in [0.717, 1.165) is 10.1 Å². The maximum absolute atomic E-state index is 13.8. The fourth-order valence-electron chi connectivity index (χ4n) is 2.95. The molecule has 0 saturated heterocycles. The quantitative estimate of drug-likeness (QED) is 0.178. The fraction of sp³-hybridized carbons (Fsp3) is 0.0833. The summed E-state index contributed by atoms with van der Waals surface area (Å²) in [4.78, 5) is 17.3. The van der Waals surface area contributed by atoms with Gasteiger partial charge in [0.1, 0.15) is 10.7 Å². The molecule has 0 atom stereocenters. The average Bonchev–Trinajstić information content (AvgIpc) is 3.12. The molecule has 4 aromatic rings. The van der Waals surface area contributed by atoms with Crippen LogP contribution in [0.25, 0.3) is 10.1 Å². The number of rotatable bonds is 6. The molecule has 3 aromatic carbocycles. The molecule has 156 valence electrons. The molecule has 0 spiro atoms. The Morgan fingerprint density at radius 1 is 1.10 bits per heavy atom. The fourth-order valence-corrected chi connectivity index (χ4v) is 4.33. The van der Waals surface area contributed by atoms with Crippen LogP contribution in [0.5, 0.6) is 11.5 Å². The summed E-state index contributed by atoms with van der Waals surface area (Å²) in [6, 6.07) is 18.8. The third-order valence-electron chi connectivity index (χ3n) is 4.40. The number of carbonyl (C=O) groups is 1. The van der Waals surface area contributed by atoms with Crippen molar-refractivity contribution in [3.8, 4) is 11.5 Å². The van der Waals surface area contributed by atoms with Gasteiger partial charge in [0, 0.05) is 16.3 Å². The molecule has 31 heavy (non-hydrogen) atoms. The molecule has 0 bridgehead atoms. The Morgan fingerprint density at radius 3 is 2.65 bits per heavy atom. The second-order valence-corrected chi connectivity index (χ2v) is 7.91. The molecule has 0 unspecified atom stereocenters. The molecule has 0 aliphatic carbocycles. The number of halogens is 2. The number of hydrogen-bond donors (Lipinski definition) is 0. The Balaban J connectivity index is 1.59. The standard InChI is InChI=1S/C24H17ClFNO3S/c1-2-29-20-13-15(14-27-18-9-5-4-8-17(18)26)11-12-19(20)30-24(28)23-22(25)16-7-3-6-10-21(16)31-23/h3-14H,2H2,1H3. The molecule has 1 aromatic heterocycles. The Hall–Kier alpha value is -3.22. The number of hydrogen-bond acceptors (Lipinski definition) is 5. The zero-order valence-corrected chi connectivity index (χ0v) is 18.0. The van der Waals surface area contributed by atoms with Crippen LogP contribution in [0, 0.1) is 5.82 Å². The maximum atomic E-state index is 13.8. The number of benzene rings is 3. The van der Waals surface area contributed by atoms with Crippen molar-refractivity contribution in [3.05, 3.63) is 88.0 Å². The van der Waals surface area contributed by atoms with Crippen molar-refractivity contribution in [3.63, 3.8) is 0 Å². The topological polar surface area (TPSA) is 47.9 Å². The summed E-state index contributed by atoms with van der Waals surface area (Å²) in [5, 5.41) is 1.18. The number of ether oxygens (including phenoxy) is 2. The zero-order chi connectivity index (χ0) is 21.8. The minimum absolute atomic E-state index is 0.232. The average molecular weight is 454 g/mol. The Bertz CT molecular complexity index is 1290. The molecule has 1 heterocycles. The lowest BCUT2D eigenvalue weighted by atomic mass is 10.2. The van der Waals surface area contributed by atoms with Gasteiger partial charge in [-0.15, -0.1) is 11.3 Å². The Labute approximate surface area is 187 Å². The number of nitrogens with zero attached hydrogens (tertiary/aromatic N) is 1. The Kier molecular flexibility index (Phi) is 6.30. The second-order valence-electron chi connectivity index (χ2n) is 6.48. The van der Waals surface area contributed by atoms with Crippen LogP contribution >= 0.6 is 22.9 Å². The van der Waals surface area contributed by atoms with E-state index >= 15 is 0 Å². The largest absolute Gasteiger partial charge is 0.490 e. The number of esters is 1. The van der Waals surface area contributed by atoms with Crippen LogP contribution in [-0.2, 0) is 0 Å². The van der Waals surface area contributed by atoms with Gasteiger partial charge in [-0.05, 0) is 48.9 Å². The van der Waals surface area contributed by atoms with Gasteiger partial charge < -0.3 is 9.47 Å². The van der Waals surface area contributed by atoms with Gasteiger partial charge in [0.2, 0.25) is 0 Å². The Morgan fingerprint density at radius 2 is 1.87 bits per heavy atom. The highest BCUT2D eigenvalue weighted by Crippen LogP contribution is 2.37. The van der Waals surface area contributed by atoms with Crippen LogP contribution in [0.3, 0.4) is 0 Å². The van der Waals surface area contributed by atoms with Crippen molar-refractivity contribution < 1.29 is 18.7 Å². The van der Waals surface area contributed by atoms with Gasteiger partial charge in [-0.2, -0.15) is 0 Å². The molecule has 0 amide bonds. The normalized spacial score (nSPS) is 11.2. The second kappa shape index (κ2) is 9.29. The minimum atomic E-state index is -0.556. The minimum Gasteiger partial charge on any atom is -0.490 e. The van der Waals surface area contributed by atoms with Crippen LogP contribution in [0.4, 0.5) is 10.1 Å². The van der Waals surface area contributed by atoms with Gasteiger partial charge in [-0.1, -0.05) is 41.9 Å². The molecule has 0 aliphatic heterocycles. The molecule has 0 saturated carbocycles. The van der Waals surface area contributed by atoms with Gasteiger partial charge >= 0.3 is 5.97 Å². The predicted molar refractivity (Wildman–Crippen MR) is 123 cm³/mol. The third-order valence-corrected chi connectivity index (χ3v) is 6.05. The molecule has 7 heteroatoms. The van der Waals surface area contributed by atoms with Crippen LogP contribution in [0.2, 0.25) is 5.02 Å². The lowest BCUT2D eigenvalue weighted by molar-refractivity contribution is 0.0733. The molecular weight excluding hydrogens is 437 g/mol. The van der Waals surface area contributed by atoms with Crippen molar-refractivity contribution in [2.75, 3.05) is 6.61 Å². The smallest absolute Gasteiger partial charge is 0.355 e. The van der Waals surface area contributed by atoms with E-state index in [9.17, 15) is 9.18 Å². The molecule has 0 fully saturated rings. The van der Waals surface area contributed by atoms with Crippen LogP contribution < -0.4 is 9.47 Å². The first kappa shape index (κ1) is 21.0. The first-order valence-corrected chi connectivity index (χ1v) is 10.7. The summed E-state index contributed by atoms with van der Waals surface area (Å²) in [6.07, 6.45) is 1.52. The van der Waals surface area contributed by atoms with Crippen LogP contribution in [-0.4, -0.2) is 18.8 Å². The van der Waals surface area contributed by atoms with Crippen LogP contribution in [0.15, 0.2) is 71.7 Å². The molecule has 0 radical (unpaired) electrons. The van der Waals surface area contributed by atoms with E-state index in [1.54, 1.807) is 36.4 Å². The van der Waals surface area contributed by atoms with E-state index in [1.807, 2.05) is 31.2 Å². The molecule has 0 N–H and O–H groups in total. The first-order chi connectivity index (χ1) is 15.1. The molecular formula is C24H17ClFNO3S. The summed E-state index contributed by atoms with van der Waals surface area (Å²) in [5.74, 6) is -0.316. The van der Waals surface area contributed by atoms with Gasteiger partial charge in [-0.3, -0.25) is 4.99 Å². The van der Waals surface area contributed by atoms with Crippen molar-refractivity contribution in [1.29, 1.82) is 0 Å². The van der Waals surface area contributed by atoms with Crippen molar-refractivity contribution in [2.24, 2.45) is 4.99 Å². The summed E-state index contributed by atoms with van der Waals surface area (Å²) in [7, 11) is 0. The summed E-state index contributed by atoms with van der Waals surface area (Å²) >= 11 is 7.66. The lowest BCUT2D eigenvalue weighted by Gasteiger charge is -2.11. The van der Waals surface area contributed by atoms with E-state index in [4.69, 9.17) is 21.1 Å². The summed E-state index contributed by atoms with van der Waals surface area (Å²) < 4.78 is 25.9. The van der Waals surface area contributed by atoms with E-state index in [-0.39, 0.29) is 11.4 Å². The number of para-hydroxylation sites is 1. The molecule has 4 nitrogen and oxygen atoms in total. The van der Waals surface area contributed by atoms with Gasteiger partial charge in [0.25, 0.3) is 0 Å². The number of thiophene rings is 1. The lowest BCUT2D eigenvalue weighted by Crippen LogP contribution is -2.08. The number of aliphatic imine (C=N–C) groups is 1. The highest BCUT2D eigenvalue weighted by atomic mass is 35.5. The van der Waals surface area contributed by atoms with E-state index in [1.165, 1.54) is 23.6 Å². The van der Waals surface area contributed by atoms with Crippen molar-refractivity contribution >= 4 is 50.9 Å². The van der Waals surface area contributed by atoms with E-state index in [2.05, 4.69) is 4.99 Å². The van der Waals surface area contributed by atoms with Crippen LogP contribution in [0.1, 0.15) is 22.2 Å². The molecule has 0 aliphatic rings. The van der Waals surface area contributed by atoms with E-state index < -0.39 is 11.8 Å². The maximum Gasteiger partial charge on any atom is 0.355 e. The highest BCUT2D eigenvalue weighted by Gasteiger charge is 2.20.